The maximum absolute atomic E-state index is 12.1. The van der Waals surface area contributed by atoms with Gasteiger partial charge in [0.15, 0.2) is 0 Å². The Labute approximate surface area is 122 Å². The van der Waals surface area contributed by atoms with Crippen LogP contribution in [-0.2, 0) is 11.2 Å². The molecule has 102 valence electrons. The van der Waals surface area contributed by atoms with Crippen LogP contribution in [0.15, 0.2) is 18.2 Å². The molecule has 0 saturated heterocycles. The van der Waals surface area contributed by atoms with Crippen LogP contribution in [0.1, 0.15) is 36.7 Å². The Bertz CT molecular complexity index is 537. The highest BCUT2D eigenvalue weighted by Crippen LogP contribution is 2.33. The number of aryl methyl sites for hydroxylation is 1. The minimum atomic E-state index is -0.405. The van der Waals surface area contributed by atoms with Crippen molar-refractivity contribution in [3.05, 3.63) is 29.3 Å². The van der Waals surface area contributed by atoms with Crippen molar-refractivity contribution >= 4 is 33.3 Å². The average molecular weight is 324 g/mol. The van der Waals surface area contributed by atoms with E-state index in [9.17, 15) is 9.59 Å². The van der Waals surface area contributed by atoms with Gasteiger partial charge in [0.2, 0.25) is 0 Å². The van der Waals surface area contributed by atoms with E-state index in [1.807, 2.05) is 25.1 Å². The third kappa shape index (κ3) is 2.59. The summed E-state index contributed by atoms with van der Waals surface area (Å²) in [5.74, 6) is -0.784. The van der Waals surface area contributed by atoms with Crippen LogP contribution in [-0.4, -0.2) is 23.6 Å². The third-order valence-electron chi connectivity index (χ3n) is 3.39. The molecule has 1 amide bonds. The van der Waals surface area contributed by atoms with E-state index in [0.717, 1.165) is 23.0 Å². The lowest BCUT2D eigenvalue weighted by molar-refractivity contribution is -0.114. The number of rotatable bonds is 4. The fourth-order valence-corrected chi connectivity index (χ4v) is 2.37. The maximum atomic E-state index is 12.1. The summed E-state index contributed by atoms with van der Waals surface area (Å²) in [6, 6.07) is 5.72. The van der Waals surface area contributed by atoms with E-state index in [0.29, 0.717) is 12.1 Å². The van der Waals surface area contributed by atoms with Crippen LogP contribution in [0.3, 0.4) is 0 Å². The fraction of sp³-hybridized carbons (Fsp3) is 0.467. The second kappa shape index (κ2) is 5.08. The van der Waals surface area contributed by atoms with Crippen molar-refractivity contribution in [1.82, 2.24) is 0 Å². The first-order valence-corrected chi connectivity index (χ1v) is 7.57. The quantitative estimate of drug-likeness (QED) is 0.630. The Hall–Kier alpha value is -1.16. The normalized spacial score (nSPS) is 15.1. The highest BCUT2D eigenvalue weighted by Gasteiger charge is 2.38. The molecule has 0 unspecified atom stereocenters. The number of alkyl halides is 1. The number of hydrogen-bond donors (Lipinski definition) is 0. The highest BCUT2D eigenvalue weighted by atomic mass is 79.9. The molecule has 0 atom stereocenters. The lowest BCUT2D eigenvalue weighted by Crippen LogP contribution is -2.38. The Morgan fingerprint density at radius 1 is 1.26 bits per heavy atom. The summed E-state index contributed by atoms with van der Waals surface area (Å²) in [6.07, 6.45) is 0.863. The van der Waals surface area contributed by atoms with Crippen molar-refractivity contribution in [2.24, 2.45) is 5.41 Å². The monoisotopic (exact) mass is 323 g/mol. The molecule has 0 radical (unpaired) electrons. The van der Waals surface area contributed by atoms with Crippen LogP contribution in [0.2, 0.25) is 0 Å². The van der Waals surface area contributed by atoms with Crippen molar-refractivity contribution in [3.63, 3.8) is 0 Å². The summed E-state index contributed by atoms with van der Waals surface area (Å²) < 4.78 is 0. The zero-order chi connectivity index (χ0) is 14.2. The molecule has 0 aromatic heterocycles. The van der Waals surface area contributed by atoms with E-state index >= 15 is 0 Å². The minimum Gasteiger partial charge on any atom is -0.304 e. The third-order valence-corrected chi connectivity index (χ3v) is 4.91. The average Bonchev–Trinajstić information content (AvgIpc) is 2.63. The van der Waals surface area contributed by atoms with Crippen LogP contribution in [0.25, 0.3) is 0 Å². The number of carbonyl (C=O) groups is 2. The number of halogens is 1. The first-order valence-electron chi connectivity index (χ1n) is 6.44. The molecular formula is C15H18BrNO2. The van der Waals surface area contributed by atoms with Gasteiger partial charge in [0, 0.05) is 11.9 Å². The first kappa shape index (κ1) is 14.3. The predicted octanol–water partition coefficient (Wildman–Crippen LogP) is 3.20. The van der Waals surface area contributed by atoms with Gasteiger partial charge in [0.05, 0.1) is 11.3 Å². The number of fused-ring (bicyclic) bond motifs is 1. The lowest BCUT2D eigenvalue weighted by Gasteiger charge is -2.28. The molecule has 1 aliphatic heterocycles. The van der Waals surface area contributed by atoms with Gasteiger partial charge in [-0.05, 0) is 29.5 Å². The number of nitrogens with zero attached hydrogens (tertiary/aromatic N) is 1. The van der Waals surface area contributed by atoms with Crippen molar-refractivity contribution in [3.8, 4) is 0 Å². The van der Waals surface area contributed by atoms with E-state index in [4.69, 9.17) is 0 Å². The van der Waals surface area contributed by atoms with Crippen LogP contribution >= 0.6 is 15.9 Å². The summed E-state index contributed by atoms with van der Waals surface area (Å²) in [5, 5.41) is 0.778. The van der Waals surface area contributed by atoms with E-state index in [1.54, 1.807) is 4.90 Å². The molecule has 19 heavy (non-hydrogen) atoms. The maximum Gasteiger partial charge on any atom is 0.299 e. The standard InChI is InChI=1S/C15H18BrNO2/c1-4-10-5-6-12-11(7-10)13(18)14(19)17(12)9-15(2,3)8-16/h5-7H,4,8-9H2,1-3H3. The largest absolute Gasteiger partial charge is 0.304 e. The van der Waals surface area contributed by atoms with E-state index in [-0.39, 0.29) is 11.2 Å². The Morgan fingerprint density at radius 3 is 2.53 bits per heavy atom. The van der Waals surface area contributed by atoms with Crippen LogP contribution in [0.5, 0.6) is 0 Å². The van der Waals surface area contributed by atoms with Gasteiger partial charge in [-0.25, -0.2) is 0 Å². The number of hydrogen-bond acceptors (Lipinski definition) is 2. The highest BCUT2D eigenvalue weighted by molar-refractivity contribution is 9.09. The SMILES string of the molecule is CCc1ccc2c(c1)C(=O)C(=O)N2CC(C)(C)CBr. The van der Waals surface area contributed by atoms with Gasteiger partial charge in [0.1, 0.15) is 0 Å². The van der Waals surface area contributed by atoms with Crippen LogP contribution in [0, 0.1) is 5.41 Å². The zero-order valence-electron chi connectivity index (χ0n) is 11.5. The van der Waals surface area contributed by atoms with Crippen molar-refractivity contribution in [2.45, 2.75) is 27.2 Å². The molecule has 1 heterocycles. The lowest BCUT2D eigenvalue weighted by atomic mass is 9.96. The molecule has 1 aromatic rings. The van der Waals surface area contributed by atoms with Gasteiger partial charge >= 0.3 is 0 Å². The number of anilines is 1. The summed E-state index contributed by atoms with van der Waals surface area (Å²) >= 11 is 3.45. The molecule has 3 nitrogen and oxygen atoms in total. The van der Waals surface area contributed by atoms with Crippen molar-refractivity contribution in [2.75, 3.05) is 16.8 Å². The molecule has 0 N–H and O–H groups in total. The van der Waals surface area contributed by atoms with Gasteiger partial charge in [0.25, 0.3) is 11.7 Å². The summed E-state index contributed by atoms with van der Waals surface area (Å²) in [7, 11) is 0. The number of Topliss-reactive ketones (excluding diaryl/α,β-unsaturated/α-hetero) is 1. The van der Waals surface area contributed by atoms with Gasteiger partial charge in [-0.15, -0.1) is 0 Å². The molecular weight excluding hydrogens is 306 g/mol. The molecule has 0 spiro atoms. The van der Waals surface area contributed by atoms with Gasteiger partial charge in [-0.3, -0.25) is 9.59 Å². The second-order valence-corrected chi connectivity index (χ2v) is 6.28. The molecule has 1 aliphatic rings. The smallest absolute Gasteiger partial charge is 0.299 e. The number of amides is 1. The number of carbonyl (C=O) groups excluding carboxylic acids is 2. The molecule has 0 aliphatic carbocycles. The summed E-state index contributed by atoms with van der Waals surface area (Å²) in [5.41, 5.74) is 2.32. The first-order chi connectivity index (χ1) is 8.89. The van der Waals surface area contributed by atoms with Crippen molar-refractivity contribution < 1.29 is 9.59 Å². The molecule has 0 fully saturated rings. The summed E-state index contributed by atoms with van der Waals surface area (Å²) in [6.45, 7) is 6.71. The molecule has 4 heteroatoms. The predicted molar refractivity (Wildman–Crippen MR) is 80.1 cm³/mol. The van der Waals surface area contributed by atoms with Gasteiger partial charge in [-0.2, -0.15) is 0 Å². The molecule has 0 bridgehead atoms. The molecule has 1 aromatic carbocycles. The number of benzene rings is 1. The zero-order valence-corrected chi connectivity index (χ0v) is 13.1. The Balaban J connectivity index is 2.40. The number of ketones is 1. The van der Waals surface area contributed by atoms with E-state index in [2.05, 4.69) is 29.8 Å². The van der Waals surface area contributed by atoms with E-state index < -0.39 is 5.91 Å². The molecule has 0 saturated carbocycles. The van der Waals surface area contributed by atoms with E-state index in [1.165, 1.54) is 0 Å². The second-order valence-electron chi connectivity index (χ2n) is 5.72. The van der Waals surface area contributed by atoms with Crippen molar-refractivity contribution in [1.29, 1.82) is 0 Å². The van der Waals surface area contributed by atoms with Gasteiger partial charge in [-0.1, -0.05) is 42.8 Å². The van der Waals surface area contributed by atoms with Gasteiger partial charge < -0.3 is 4.90 Å². The Kier molecular flexibility index (Phi) is 3.81. The summed E-state index contributed by atoms with van der Waals surface area (Å²) in [4.78, 5) is 25.8. The Morgan fingerprint density at radius 2 is 1.95 bits per heavy atom. The van der Waals surface area contributed by atoms with Crippen LogP contribution < -0.4 is 4.90 Å². The topological polar surface area (TPSA) is 37.4 Å². The van der Waals surface area contributed by atoms with Crippen LogP contribution in [0.4, 0.5) is 5.69 Å². The molecule has 2 rings (SSSR count). The minimum absolute atomic E-state index is 0.0685. The fourth-order valence-electron chi connectivity index (χ4n) is 2.19.